The molecule has 0 fully saturated rings. The number of esters is 1. The maximum absolute atomic E-state index is 13.1. The molecule has 0 aromatic heterocycles. The van der Waals surface area contributed by atoms with Gasteiger partial charge in [0.05, 0.1) is 26.3 Å². The van der Waals surface area contributed by atoms with E-state index in [4.69, 9.17) is 18.9 Å². The highest BCUT2D eigenvalue weighted by atomic mass is 16.5. The lowest BCUT2D eigenvalue weighted by Gasteiger charge is -2.19. The Labute approximate surface area is 209 Å². The monoisotopic (exact) mass is 492 g/mol. The van der Waals surface area contributed by atoms with Crippen LogP contribution in [0.25, 0.3) is 0 Å². The van der Waals surface area contributed by atoms with E-state index in [1.54, 1.807) is 30.3 Å². The Morgan fingerprint density at radius 1 is 0.778 bits per heavy atom. The average Bonchev–Trinajstić information content (AvgIpc) is 2.91. The Hall–Kier alpha value is -4.53. The highest BCUT2D eigenvalue weighted by Crippen LogP contribution is 2.29. The van der Waals surface area contributed by atoms with Crippen molar-refractivity contribution in [1.82, 2.24) is 5.32 Å². The number of hydrogen-bond donors (Lipinski definition) is 2. The number of rotatable bonds is 11. The molecule has 188 valence electrons. The predicted molar refractivity (Wildman–Crippen MR) is 133 cm³/mol. The van der Waals surface area contributed by atoms with Crippen LogP contribution in [0.4, 0.5) is 10.5 Å². The molecular formula is C27H28N2O7. The van der Waals surface area contributed by atoms with Crippen LogP contribution < -0.4 is 20.1 Å². The molecule has 0 radical (unpaired) electrons. The maximum Gasteiger partial charge on any atom is 0.408 e. The Morgan fingerprint density at radius 3 is 1.97 bits per heavy atom. The molecule has 2 N–H and O–H groups in total. The van der Waals surface area contributed by atoms with E-state index in [0.717, 1.165) is 11.1 Å². The lowest BCUT2D eigenvalue weighted by atomic mass is 10.1. The minimum Gasteiger partial charge on any atom is -0.497 e. The second-order valence-electron chi connectivity index (χ2n) is 7.66. The molecule has 2 amide bonds. The van der Waals surface area contributed by atoms with E-state index in [9.17, 15) is 14.4 Å². The molecule has 0 saturated heterocycles. The summed E-state index contributed by atoms with van der Waals surface area (Å²) in [4.78, 5) is 38.1. The average molecular weight is 493 g/mol. The first-order valence-corrected chi connectivity index (χ1v) is 11.2. The summed E-state index contributed by atoms with van der Waals surface area (Å²) in [5.74, 6) is -0.462. The van der Waals surface area contributed by atoms with E-state index in [1.807, 2.05) is 48.5 Å². The summed E-state index contributed by atoms with van der Waals surface area (Å²) in [6.07, 6.45) is -1.27. The summed E-state index contributed by atoms with van der Waals surface area (Å²) in [5.41, 5.74) is 1.88. The van der Waals surface area contributed by atoms with Crippen LogP contribution in [0.5, 0.6) is 11.5 Å². The number of ether oxygens (including phenoxy) is 4. The van der Waals surface area contributed by atoms with Crippen LogP contribution in [0.3, 0.4) is 0 Å². The minimum absolute atomic E-state index is 0.00315. The summed E-state index contributed by atoms with van der Waals surface area (Å²) in [6, 6.07) is 21.8. The zero-order valence-electron chi connectivity index (χ0n) is 20.1. The van der Waals surface area contributed by atoms with Gasteiger partial charge in [-0.3, -0.25) is 9.59 Å². The van der Waals surface area contributed by atoms with E-state index in [2.05, 4.69) is 10.6 Å². The molecule has 3 aromatic rings. The van der Waals surface area contributed by atoms with Gasteiger partial charge in [0.15, 0.2) is 0 Å². The Bertz CT molecular complexity index is 1100. The van der Waals surface area contributed by atoms with Gasteiger partial charge in [0.2, 0.25) is 5.91 Å². The molecule has 3 rings (SSSR count). The fourth-order valence-electron chi connectivity index (χ4n) is 3.21. The Kier molecular flexibility index (Phi) is 9.69. The van der Waals surface area contributed by atoms with Crippen molar-refractivity contribution in [2.45, 2.75) is 25.7 Å². The van der Waals surface area contributed by atoms with E-state index >= 15 is 0 Å². The number of methoxy groups -OCH3 is 2. The minimum atomic E-state index is -1.27. The standard InChI is InChI=1S/C27H28N2O7/c1-33-21-13-14-24(34-2)22(15-21)28-26(31)23(16-25(30)35-17-19-9-5-3-6-10-19)29-27(32)36-18-20-11-7-4-8-12-20/h3-15,23H,16-18H2,1-2H3,(H,28,31)(H,29,32)/t23-/m0/s1. The van der Waals surface area contributed by atoms with Crippen LogP contribution in [0.1, 0.15) is 17.5 Å². The largest absolute Gasteiger partial charge is 0.497 e. The zero-order chi connectivity index (χ0) is 25.8. The molecule has 0 bridgehead atoms. The fraction of sp³-hybridized carbons (Fsp3) is 0.222. The number of hydrogen-bond acceptors (Lipinski definition) is 7. The van der Waals surface area contributed by atoms with Gasteiger partial charge in [-0.15, -0.1) is 0 Å². The first-order chi connectivity index (χ1) is 17.5. The van der Waals surface area contributed by atoms with Crippen LogP contribution in [0, 0.1) is 0 Å². The van der Waals surface area contributed by atoms with Crippen LogP contribution in [0.15, 0.2) is 78.9 Å². The highest BCUT2D eigenvalue weighted by molar-refractivity contribution is 5.99. The van der Waals surface area contributed by atoms with Crippen LogP contribution >= 0.6 is 0 Å². The van der Waals surface area contributed by atoms with Crippen molar-refractivity contribution in [2.24, 2.45) is 0 Å². The topological polar surface area (TPSA) is 112 Å². The molecule has 0 aliphatic heterocycles. The quantitative estimate of drug-likeness (QED) is 0.388. The van der Waals surface area contributed by atoms with Gasteiger partial charge in [-0.25, -0.2) is 4.79 Å². The highest BCUT2D eigenvalue weighted by Gasteiger charge is 2.26. The lowest BCUT2D eigenvalue weighted by molar-refractivity contribution is -0.146. The SMILES string of the molecule is COc1ccc(OC)c(NC(=O)[C@H](CC(=O)OCc2ccccc2)NC(=O)OCc2ccccc2)c1. The third-order valence-electron chi connectivity index (χ3n) is 5.10. The predicted octanol–water partition coefficient (Wildman–Crippen LogP) is 4.07. The smallest absolute Gasteiger partial charge is 0.408 e. The first-order valence-electron chi connectivity index (χ1n) is 11.2. The molecule has 0 spiro atoms. The van der Waals surface area contributed by atoms with Crippen LogP contribution in [0.2, 0.25) is 0 Å². The van der Waals surface area contributed by atoms with Crippen molar-refractivity contribution >= 4 is 23.7 Å². The van der Waals surface area contributed by atoms with Crippen molar-refractivity contribution in [3.63, 3.8) is 0 Å². The number of carbonyl (C=O) groups is 3. The number of amides is 2. The van der Waals surface area contributed by atoms with Crippen molar-refractivity contribution in [3.05, 3.63) is 90.0 Å². The molecular weight excluding hydrogens is 464 g/mol. The molecule has 1 atom stereocenters. The Morgan fingerprint density at radius 2 is 1.39 bits per heavy atom. The molecule has 3 aromatic carbocycles. The van der Waals surface area contributed by atoms with Gasteiger partial charge in [-0.05, 0) is 23.3 Å². The van der Waals surface area contributed by atoms with Gasteiger partial charge in [0, 0.05) is 6.07 Å². The normalized spacial score (nSPS) is 11.1. The zero-order valence-corrected chi connectivity index (χ0v) is 20.1. The number of nitrogens with one attached hydrogen (secondary N) is 2. The van der Waals surface area contributed by atoms with E-state index in [-0.39, 0.29) is 13.2 Å². The van der Waals surface area contributed by atoms with Gasteiger partial charge in [-0.1, -0.05) is 60.7 Å². The van der Waals surface area contributed by atoms with Crippen molar-refractivity contribution in [1.29, 1.82) is 0 Å². The molecule has 0 saturated carbocycles. The van der Waals surface area contributed by atoms with Crippen LogP contribution in [-0.4, -0.2) is 38.2 Å². The number of benzene rings is 3. The summed E-state index contributed by atoms with van der Waals surface area (Å²) in [7, 11) is 2.94. The van der Waals surface area contributed by atoms with Crippen molar-refractivity contribution in [3.8, 4) is 11.5 Å². The lowest BCUT2D eigenvalue weighted by Crippen LogP contribution is -2.45. The summed E-state index contributed by atoms with van der Waals surface area (Å²) in [5, 5.41) is 5.13. The summed E-state index contributed by atoms with van der Waals surface area (Å²) >= 11 is 0. The third-order valence-corrected chi connectivity index (χ3v) is 5.10. The summed E-state index contributed by atoms with van der Waals surface area (Å²) in [6.45, 7) is 0.0410. The number of carbonyl (C=O) groups excluding carboxylic acids is 3. The fourth-order valence-corrected chi connectivity index (χ4v) is 3.21. The van der Waals surface area contributed by atoms with Gasteiger partial charge >= 0.3 is 12.1 Å². The van der Waals surface area contributed by atoms with Gasteiger partial charge in [0.1, 0.15) is 30.8 Å². The van der Waals surface area contributed by atoms with Crippen molar-refractivity contribution in [2.75, 3.05) is 19.5 Å². The van der Waals surface area contributed by atoms with E-state index < -0.39 is 30.4 Å². The second-order valence-corrected chi connectivity index (χ2v) is 7.66. The number of anilines is 1. The van der Waals surface area contributed by atoms with Crippen LogP contribution in [-0.2, 0) is 32.3 Å². The Balaban J connectivity index is 1.69. The molecule has 9 heteroatoms. The third kappa shape index (κ3) is 8.05. The molecule has 9 nitrogen and oxygen atoms in total. The van der Waals surface area contributed by atoms with E-state index in [1.165, 1.54) is 14.2 Å². The van der Waals surface area contributed by atoms with Gasteiger partial charge in [-0.2, -0.15) is 0 Å². The molecule has 0 aliphatic rings. The molecule has 0 heterocycles. The van der Waals surface area contributed by atoms with E-state index in [0.29, 0.717) is 17.2 Å². The molecule has 0 aliphatic carbocycles. The molecule has 36 heavy (non-hydrogen) atoms. The van der Waals surface area contributed by atoms with Gasteiger partial charge < -0.3 is 29.6 Å². The number of alkyl carbamates (subject to hydrolysis) is 1. The maximum atomic E-state index is 13.1. The first kappa shape index (κ1) is 26.1. The van der Waals surface area contributed by atoms with Gasteiger partial charge in [0.25, 0.3) is 0 Å². The molecule has 0 unspecified atom stereocenters. The second kappa shape index (κ2) is 13.4. The van der Waals surface area contributed by atoms with Crippen molar-refractivity contribution < 1.29 is 33.3 Å². The summed E-state index contributed by atoms with van der Waals surface area (Å²) < 4.78 is 21.0.